The Labute approximate surface area is 343 Å². The van der Waals surface area contributed by atoms with Gasteiger partial charge in [0.1, 0.15) is 0 Å². The molecule has 0 aliphatic carbocycles. The van der Waals surface area contributed by atoms with Crippen LogP contribution in [0.5, 0.6) is 0 Å². The van der Waals surface area contributed by atoms with Gasteiger partial charge in [-0.1, -0.05) is 34.4 Å². The summed E-state index contributed by atoms with van der Waals surface area (Å²) in [4.78, 5) is 22.3. The van der Waals surface area contributed by atoms with Crippen molar-refractivity contribution < 1.29 is 71.5 Å². The summed E-state index contributed by atoms with van der Waals surface area (Å²) < 4.78 is 65.8. The Kier molecular flexibility index (Phi) is 43.0. The first-order valence-corrected chi connectivity index (χ1v) is 22.8. The fourth-order valence-corrected chi connectivity index (χ4v) is 7.78. The number of rotatable bonds is 47. The zero-order chi connectivity index (χ0) is 40.1. The van der Waals surface area contributed by atoms with Crippen LogP contribution in [0, 0.1) is 0 Å². The molecule has 0 radical (unpaired) electrons. The lowest BCUT2D eigenvalue weighted by Gasteiger charge is -2.09. The second kappa shape index (κ2) is 45.2. The standard InChI is InChI=1S/C38H73NO15S2/c40-37(7-4-3-6-36-9-35-55-56-36)39-10-12-44-14-16-46-18-20-48-22-24-50-26-28-52-30-32-54-34-33-53-31-29-51-27-25-49-23-21-47-19-17-45-15-13-43-11-5-1-2-8-38(41)42/h36H,1-35H2,(H,39,40)(H,41,42)/t36-/m1/s1. The lowest BCUT2D eigenvalue weighted by Crippen LogP contribution is -2.27. The maximum Gasteiger partial charge on any atom is 0.303 e. The monoisotopic (exact) mass is 847 g/mol. The topological polar surface area (TPSA) is 177 Å². The number of hydrogen-bond donors (Lipinski definition) is 2. The Morgan fingerprint density at radius 1 is 0.446 bits per heavy atom. The van der Waals surface area contributed by atoms with Gasteiger partial charge in [-0.2, -0.15) is 0 Å². The molecule has 0 spiro atoms. The van der Waals surface area contributed by atoms with E-state index in [4.69, 9.17) is 61.9 Å². The summed E-state index contributed by atoms with van der Waals surface area (Å²) in [5.41, 5.74) is 0. The van der Waals surface area contributed by atoms with Gasteiger partial charge in [0.2, 0.25) is 5.91 Å². The second-order valence-corrected chi connectivity index (χ2v) is 15.3. The second-order valence-electron chi connectivity index (χ2n) is 12.5. The molecule has 0 unspecified atom stereocenters. The normalized spacial score (nSPS) is 14.2. The van der Waals surface area contributed by atoms with E-state index in [1.165, 1.54) is 18.6 Å². The van der Waals surface area contributed by atoms with Crippen LogP contribution in [0.25, 0.3) is 0 Å². The fraction of sp³-hybridized carbons (Fsp3) is 0.947. The first kappa shape index (κ1) is 53.2. The molecule has 56 heavy (non-hydrogen) atoms. The van der Waals surface area contributed by atoms with Gasteiger partial charge in [-0.15, -0.1) is 0 Å². The van der Waals surface area contributed by atoms with E-state index in [1.54, 1.807) is 0 Å². The van der Waals surface area contributed by atoms with E-state index in [-0.39, 0.29) is 12.3 Å². The first-order chi connectivity index (χ1) is 27.7. The van der Waals surface area contributed by atoms with E-state index < -0.39 is 5.97 Å². The van der Waals surface area contributed by atoms with Crippen molar-refractivity contribution in [1.29, 1.82) is 0 Å². The van der Waals surface area contributed by atoms with Gasteiger partial charge in [0.15, 0.2) is 0 Å². The van der Waals surface area contributed by atoms with Gasteiger partial charge in [0, 0.05) is 37.0 Å². The summed E-state index contributed by atoms with van der Waals surface area (Å²) >= 11 is 0. The summed E-state index contributed by atoms with van der Waals surface area (Å²) in [7, 11) is 3.97. The molecule has 2 N–H and O–H groups in total. The summed E-state index contributed by atoms with van der Waals surface area (Å²) in [6.45, 7) is 12.5. The first-order valence-electron chi connectivity index (χ1n) is 20.4. The highest BCUT2D eigenvalue weighted by Crippen LogP contribution is 2.39. The molecule has 1 aliphatic rings. The molecule has 1 heterocycles. The van der Waals surface area contributed by atoms with Gasteiger partial charge in [0.05, 0.1) is 152 Å². The molecule has 1 amide bonds. The molecule has 0 aromatic carbocycles. The maximum absolute atomic E-state index is 11.9. The molecule has 0 aromatic heterocycles. The van der Waals surface area contributed by atoms with Crippen molar-refractivity contribution in [2.75, 3.05) is 171 Å². The van der Waals surface area contributed by atoms with Gasteiger partial charge in [-0.25, -0.2) is 0 Å². The van der Waals surface area contributed by atoms with Crippen LogP contribution in [0.1, 0.15) is 57.8 Å². The number of carbonyl (C=O) groups is 2. The molecule has 1 rings (SSSR count). The highest BCUT2D eigenvalue weighted by Gasteiger charge is 2.15. The van der Waals surface area contributed by atoms with Crippen LogP contribution >= 0.6 is 21.6 Å². The average molecular weight is 848 g/mol. The minimum atomic E-state index is -0.751. The Morgan fingerprint density at radius 3 is 1.16 bits per heavy atom. The smallest absolute Gasteiger partial charge is 0.303 e. The maximum atomic E-state index is 11.9. The van der Waals surface area contributed by atoms with Gasteiger partial charge < -0.3 is 67.3 Å². The molecule has 0 aromatic rings. The third kappa shape index (κ3) is 42.8. The van der Waals surface area contributed by atoms with Crippen LogP contribution in [-0.2, 0) is 66.4 Å². The predicted octanol–water partition coefficient (Wildman–Crippen LogP) is 3.66. The van der Waals surface area contributed by atoms with Crippen molar-refractivity contribution in [3.05, 3.63) is 0 Å². The summed E-state index contributed by atoms with van der Waals surface area (Å²) in [6.07, 6.45) is 7.83. The number of carboxylic acid groups (broad SMARTS) is 1. The van der Waals surface area contributed by atoms with E-state index in [9.17, 15) is 9.59 Å². The van der Waals surface area contributed by atoms with Gasteiger partial charge >= 0.3 is 5.97 Å². The lowest BCUT2D eigenvalue weighted by atomic mass is 10.1. The van der Waals surface area contributed by atoms with Crippen LogP contribution in [-0.4, -0.2) is 193 Å². The van der Waals surface area contributed by atoms with Gasteiger partial charge in [-0.3, -0.25) is 9.59 Å². The molecular formula is C38H73NO15S2. The SMILES string of the molecule is O=C(O)CCCCCOCCOCCOCCOCCOCCOCCOCCOCCOCCOCCOCCOCCNC(=O)CCCC[C@@H]1CCSS1. The Bertz CT molecular complexity index is 834. The molecular weight excluding hydrogens is 775 g/mol. The van der Waals surface area contributed by atoms with Crippen LogP contribution in [0.4, 0.5) is 0 Å². The van der Waals surface area contributed by atoms with Crippen LogP contribution in [0.3, 0.4) is 0 Å². The van der Waals surface area contributed by atoms with Gasteiger partial charge in [-0.05, 0) is 32.1 Å². The number of unbranched alkanes of at least 4 members (excludes halogenated alkanes) is 3. The highest BCUT2D eigenvalue weighted by atomic mass is 33.1. The average Bonchev–Trinajstić information content (AvgIpc) is 3.72. The molecule has 0 saturated carbocycles. The van der Waals surface area contributed by atoms with Crippen molar-refractivity contribution in [2.45, 2.75) is 63.0 Å². The minimum absolute atomic E-state index is 0.105. The summed E-state index contributed by atoms with van der Waals surface area (Å²) in [5, 5.41) is 12.3. The summed E-state index contributed by atoms with van der Waals surface area (Å²) in [5.74, 6) is 0.616. The Hall–Kier alpha value is -0.840. The predicted molar refractivity (Wildman–Crippen MR) is 216 cm³/mol. The molecule has 0 bridgehead atoms. The zero-order valence-electron chi connectivity index (χ0n) is 33.8. The number of carbonyl (C=O) groups excluding carboxylic acids is 1. The van der Waals surface area contributed by atoms with Crippen molar-refractivity contribution in [3.8, 4) is 0 Å². The molecule has 18 heteroatoms. The number of nitrogens with one attached hydrogen (secondary N) is 1. The third-order valence-electron chi connectivity index (χ3n) is 7.75. The van der Waals surface area contributed by atoms with Crippen molar-refractivity contribution in [1.82, 2.24) is 5.32 Å². The van der Waals surface area contributed by atoms with Crippen LogP contribution in [0.15, 0.2) is 0 Å². The van der Waals surface area contributed by atoms with Crippen LogP contribution < -0.4 is 5.32 Å². The van der Waals surface area contributed by atoms with E-state index >= 15 is 0 Å². The van der Waals surface area contributed by atoms with E-state index in [2.05, 4.69) is 5.32 Å². The number of carboxylic acids is 1. The quantitative estimate of drug-likeness (QED) is 0.0670. The lowest BCUT2D eigenvalue weighted by molar-refractivity contribution is -0.137. The van der Waals surface area contributed by atoms with E-state index in [0.29, 0.717) is 178 Å². The molecule has 1 aliphatic heterocycles. The number of ether oxygens (including phenoxy) is 12. The zero-order valence-corrected chi connectivity index (χ0v) is 35.4. The highest BCUT2D eigenvalue weighted by molar-refractivity contribution is 8.77. The van der Waals surface area contributed by atoms with Crippen LogP contribution in [0.2, 0.25) is 0 Å². The van der Waals surface area contributed by atoms with Crippen molar-refractivity contribution >= 4 is 33.5 Å². The molecule has 1 atom stereocenters. The molecule has 1 fully saturated rings. The molecule has 16 nitrogen and oxygen atoms in total. The fourth-order valence-electron chi connectivity index (χ4n) is 4.75. The third-order valence-corrected chi connectivity index (χ3v) is 10.8. The van der Waals surface area contributed by atoms with Crippen molar-refractivity contribution in [2.24, 2.45) is 0 Å². The number of aliphatic carboxylic acids is 1. The summed E-state index contributed by atoms with van der Waals surface area (Å²) in [6, 6.07) is 0. The Morgan fingerprint density at radius 2 is 0.804 bits per heavy atom. The van der Waals surface area contributed by atoms with Gasteiger partial charge in [0.25, 0.3) is 0 Å². The number of hydrogen-bond acceptors (Lipinski definition) is 16. The van der Waals surface area contributed by atoms with E-state index in [0.717, 1.165) is 30.9 Å². The van der Waals surface area contributed by atoms with E-state index in [1.807, 2.05) is 21.6 Å². The van der Waals surface area contributed by atoms with Crippen molar-refractivity contribution in [3.63, 3.8) is 0 Å². The molecule has 332 valence electrons. The Balaban J connectivity index is 1.61. The number of amides is 1. The largest absolute Gasteiger partial charge is 0.481 e. The molecule has 1 saturated heterocycles. The minimum Gasteiger partial charge on any atom is -0.481 e.